The van der Waals surface area contributed by atoms with E-state index in [0.29, 0.717) is 0 Å². The van der Waals surface area contributed by atoms with Gasteiger partial charge < -0.3 is 14.6 Å². The number of methoxy groups -OCH3 is 1. The highest BCUT2D eigenvalue weighted by Crippen LogP contribution is 2.29. The molecule has 1 unspecified atom stereocenters. The first-order valence-electron chi connectivity index (χ1n) is 6.21. The van der Waals surface area contributed by atoms with Crippen molar-refractivity contribution in [3.8, 4) is 5.75 Å². The van der Waals surface area contributed by atoms with Crippen LogP contribution in [0.1, 0.15) is 25.8 Å². The Kier molecular flexibility index (Phi) is 6.02. The molecule has 0 fully saturated rings. The van der Waals surface area contributed by atoms with Crippen LogP contribution >= 0.6 is 0 Å². The predicted molar refractivity (Wildman–Crippen MR) is 71.1 cm³/mol. The van der Waals surface area contributed by atoms with Crippen molar-refractivity contribution >= 4 is 17.9 Å². The molecule has 1 atom stereocenters. The first kappa shape index (κ1) is 17.6. The van der Waals surface area contributed by atoms with E-state index in [0.717, 1.165) is 14.0 Å². The van der Waals surface area contributed by atoms with Crippen LogP contribution in [-0.4, -0.2) is 30.1 Å². The molecule has 0 heterocycles. The molecule has 8 nitrogen and oxygen atoms in total. The smallest absolute Gasteiger partial charge is 0.339 e. The molecular weight excluding hydrogens is 296 g/mol. The van der Waals surface area contributed by atoms with Gasteiger partial charge in [0.1, 0.15) is 12.2 Å². The molecule has 1 aromatic carbocycles. The second-order valence-corrected chi connectivity index (χ2v) is 4.31. The minimum absolute atomic E-state index is 0.107. The van der Waals surface area contributed by atoms with Gasteiger partial charge in [-0.3, -0.25) is 14.5 Å². The van der Waals surface area contributed by atoms with E-state index in [9.17, 15) is 19.5 Å². The number of benzene rings is 1. The summed E-state index contributed by atoms with van der Waals surface area (Å²) in [7, 11) is 1.14. The molecule has 0 aromatic heterocycles. The number of aliphatic hydroxyl groups is 1. The van der Waals surface area contributed by atoms with Gasteiger partial charge in [-0.05, 0) is 24.3 Å². The summed E-state index contributed by atoms with van der Waals surface area (Å²) >= 11 is 0. The molecule has 0 saturated carbocycles. The van der Waals surface area contributed by atoms with Gasteiger partial charge >= 0.3 is 17.9 Å². The maximum atomic E-state index is 11.4. The monoisotopic (exact) mass is 312 g/mol. The van der Waals surface area contributed by atoms with Crippen molar-refractivity contribution in [3.63, 3.8) is 0 Å². The predicted octanol–water partition coefficient (Wildman–Crippen LogP) is 0.815. The van der Waals surface area contributed by atoms with Gasteiger partial charge in [-0.15, -0.1) is 4.89 Å². The van der Waals surface area contributed by atoms with Gasteiger partial charge in [0, 0.05) is 19.4 Å². The minimum atomic E-state index is -2.23. The number of hydrogen-bond donors (Lipinski definition) is 1. The molecule has 0 aliphatic carbocycles. The molecular formula is C14H16O8. The Morgan fingerprint density at radius 3 is 2.14 bits per heavy atom. The summed E-state index contributed by atoms with van der Waals surface area (Å²) in [5, 5.41) is 10.4. The average Bonchev–Trinajstić information content (AvgIpc) is 2.45. The number of carbonyl (C=O) groups excluding carboxylic acids is 3. The summed E-state index contributed by atoms with van der Waals surface area (Å²) in [5.41, 5.74) is 0.107. The lowest BCUT2D eigenvalue weighted by Crippen LogP contribution is -2.33. The van der Waals surface area contributed by atoms with Crippen LogP contribution in [-0.2, 0) is 34.7 Å². The molecule has 1 N–H and O–H groups in total. The molecule has 0 spiro atoms. The van der Waals surface area contributed by atoms with Crippen molar-refractivity contribution in [1.82, 2.24) is 0 Å². The van der Waals surface area contributed by atoms with Crippen molar-refractivity contribution in [2.75, 3.05) is 7.11 Å². The highest BCUT2D eigenvalue weighted by molar-refractivity contribution is 5.71. The highest BCUT2D eigenvalue weighted by atomic mass is 17.2. The van der Waals surface area contributed by atoms with Crippen molar-refractivity contribution in [3.05, 3.63) is 29.8 Å². The van der Waals surface area contributed by atoms with E-state index in [1.54, 1.807) is 0 Å². The van der Waals surface area contributed by atoms with E-state index in [4.69, 9.17) is 4.74 Å². The van der Waals surface area contributed by atoms with E-state index in [-0.39, 0.29) is 11.3 Å². The lowest BCUT2D eigenvalue weighted by molar-refractivity contribution is -0.400. The molecule has 0 amide bonds. The van der Waals surface area contributed by atoms with Gasteiger partial charge in [-0.25, -0.2) is 4.79 Å². The zero-order valence-corrected chi connectivity index (χ0v) is 12.3. The maximum Gasteiger partial charge on any atom is 0.339 e. The quantitative estimate of drug-likeness (QED) is 0.270. The molecule has 120 valence electrons. The van der Waals surface area contributed by atoms with Crippen LogP contribution < -0.4 is 4.74 Å². The lowest BCUT2D eigenvalue weighted by atomic mass is 10.0. The Labute approximate surface area is 126 Å². The van der Waals surface area contributed by atoms with Gasteiger partial charge in [0.25, 0.3) is 0 Å². The summed E-state index contributed by atoms with van der Waals surface area (Å²) in [6.45, 7) is 2.31. The maximum absolute atomic E-state index is 11.4. The van der Waals surface area contributed by atoms with E-state index in [1.165, 1.54) is 31.2 Å². The van der Waals surface area contributed by atoms with Crippen LogP contribution in [0.4, 0.5) is 0 Å². The molecule has 1 rings (SSSR count). The van der Waals surface area contributed by atoms with E-state index in [1.807, 2.05) is 0 Å². The fourth-order valence-electron chi connectivity index (χ4n) is 1.52. The van der Waals surface area contributed by atoms with Crippen molar-refractivity contribution in [2.45, 2.75) is 26.1 Å². The highest BCUT2D eigenvalue weighted by Gasteiger charge is 2.37. The second kappa shape index (κ2) is 7.53. The van der Waals surface area contributed by atoms with Gasteiger partial charge in [-0.2, -0.15) is 0 Å². The van der Waals surface area contributed by atoms with Gasteiger partial charge in [0.15, 0.2) is 0 Å². The third kappa shape index (κ3) is 5.15. The average molecular weight is 312 g/mol. The molecule has 0 aliphatic heterocycles. The SMILES string of the molecule is COC(=O)CC(O)(OOC(C)=O)c1ccc(OC(C)=O)cc1. The van der Waals surface area contributed by atoms with Crippen molar-refractivity contribution < 1.29 is 38.7 Å². The van der Waals surface area contributed by atoms with E-state index in [2.05, 4.69) is 14.5 Å². The largest absolute Gasteiger partial charge is 0.469 e. The Morgan fingerprint density at radius 2 is 1.68 bits per heavy atom. The third-order valence-corrected chi connectivity index (χ3v) is 2.48. The van der Waals surface area contributed by atoms with Crippen LogP contribution in [0.15, 0.2) is 24.3 Å². The zero-order valence-electron chi connectivity index (χ0n) is 12.3. The zero-order chi connectivity index (χ0) is 16.8. The van der Waals surface area contributed by atoms with Gasteiger partial charge in [-0.1, -0.05) is 0 Å². The molecule has 0 saturated heterocycles. The van der Waals surface area contributed by atoms with Crippen molar-refractivity contribution in [1.29, 1.82) is 0 Å². The lowest BCUT2D eigenvalue weighted by Gasteiger charge is -2.25. The van der Waals surface area contributed by atoms with Gasteiger partial charge in [0.05, 0.1) is 7.11 Å². The number of ether oxygens (including phenoxy) is 2. The van der Waals surface area contributed by atoms with Crippen LogP contribution in [0.5, 0.6) is 5.75 Å². The minimum Gasteiger partial charge on any atom is -0.469 e. The molecule has 0 aliphatic rings. The van der Waals surface area contributed by atoms with Gasteiger partial charge in [0.2, 0.25) is 5.79 Å². The third-order valence-electron chi connectivity index (χ3n) is 2.48. The topological polar surface area (TPSA) is 108 Å². The Morgan fingerprint density at radius 1 is 1.09 bits per heavy atom. The fourth-order valence-corrected chi connectivity index (χ4v) is 1.52. The molecule has 0 radical (unpaired) electrons. The van der Waals surface area contributed by atoms with Crippen LogP contribution in [0.2, 0.25) is 0 Å². The number of hydrogen-bond acceptors (Lipinski definition) is 8. The van der Waals surface area contributed by atoms with E-state index >= 15 is 0 Å². The fraction of sp³-hybridized carbons (Fsp3) is 0.357. The summed E-state index contributed by atoms with van der Waals surface area (Å²) in [4.78, 5) is 42.0. The summed E-state index contributed by atoms with van der Waals surface area (Å²) < 4.78 is 9.31. The second-order valence-electron chi connectivity index (χ2n) is 4.31. The van der Waals surface area contributed by atoms with Crippen LogP contribution in [0, 0.1) is 0 Å². The number of rotatable bonds is 6. The Balaban J connectivity index is 3.00. The first-order chi connectivity index (χ1) is 10.3. The molecule has 22 heavy (non-hydrogen) atoms. The molecule has 0 bridgehead atoms. The Hall–Kier alpha value is -2.45. The first-order valence-corrected chi connectivity index (χ1v) is 6.21. The van der Waals surface area contributed by atoms with Crippen molar-refractivity contribution in [2.24, 2.45) is 0 Å². The Bertz CT molecular complexity index is 550. The molecule has 8 heteroatoms. The summed E-state index contributed by atoms with van der Waals surface area (Å²) in [6, 6.07) is 5.47. The number of carbonyl (C=O) groups is 3. The standard InChI is InChI=1S/C14H16O8/c1-9(15)20-12-6-4-11(5-7-12)14(18,8-13(17)19-3)22-21-10(2)16/h4-7,18H,8H2,1-3H3. The summed E-state index contributed by atoms with van der Waals surface area (Å²) in [5.74, 6) is -4.08. The normalized spacial score (nSPS) is 12.9. The molecule has 1 aromatic rings. The van der Waals surface area contributed by atoms with E-state index < -0.39 is 30.1 Å². The summed E-state index contributed by atoms with van der Waals surface area (Å²) in [6.07, 6.45) is -0.607. The van der Waals surface area contributed by atoms with Crippen LogP contribution in [0.3, 0.4) is 0 Å². The van der Waals surface area contributed by atoms with Crippen LogP contribution in [0.25, 0.3) is 0 Å². The number of esters is 2.